The first kappa shape index (κ1) is 21.8. The van der Waals surface area contributed by atoms with Gasteiger partial charge in [0.25, 0.3) is 5.56 Å². The highest BCUT2D eigenvalue weighted by Crippen LogP contribution is 2.50. The van der Waals surface area contributed by atoms with Crippen LogP contribution in [0.4, 0.5) is 0 Å². The summed E-state index contributed by atoms with van der Waals surface area (Å²) in [4.78, 5) is 13.6. The first-order valence-electron chi connectivity index (χ1n) is 11.3. The molecular formula is C25H33NO5. The lowest BCUT2D eigenvalue weighted by atomic mass is 9.85. The molecule has 0 spiro atoms. The van der Waals surface area contributed by atoms with Crippen molar-refractivity contribution in [1.29, 1.82) is 0 Å². The average molecular weight is 428 g/mol. The van der Waals surface area contributed by atoms with E-state index < -0.39 is 11.9 Å². The Kier molecular flexibility index (Phi) is 6.02. The van der Waals surface area contributed by atoms with Crippen LogP contribution in [-0.4, -0.2) is 24.6 Å². The monoisotopic (exact) mass is 427 g/mol. The third-order valence-electron chi connectivity index (χ3n) is 6.43. The number of methoxy groups -OCH3 is 2. The van der Waals surface area contributed by atoms with Gasteiger partial charge in [-0.2, -0.15) is 0 Å². The van der Waals surface area contributed by atoms with Crippen molar-refractivity contribution in [1.82, 2.24) is 4.57 Å². The van der Waals surface area contributed by atoms with Crippen LogP contribution in [-0.2, 0) is 17.7 Å². The van der Waals surface area contributed by atoms with Gasteiger partial charge in [0.15, 0.2) is 11.5 Å². The summed E-state index contributed by atoms with van der Waals surface area (Å²) in [6, 6.07) is 5.96. The van der Waals surface area contributed by atoms with Gasteiger partial charge in [-0.3, -0.25) is 4.79 Å². The first-order chi connectivity index (χ1) is 15.0. The van der Waals surface area contributed by atoms with E-state index in [1.54, 1.807) is 14.2 Å². The molecule has 3 heterocycles. The molecule has 2 bridgehead atoms. The molecule has 0 amide bonds. The largest absolute Gasteiger partial charge is 0.493 e. The normalized spacial score (nSPS) is 21.1. The molecule has 2 atom stereocenters. The lowest BCUT2D eigenvalue weighted by molar-refractivity contribution is -0.233. The summed E-state index contributed by atoms with van der Waals surface area (Å²) in [5.74, 6) is 1.20. The molecule has 2 aliphatic rings. The maximum absolute atomic E-state index is 13.6. The van der Waals surface area contributed by atoms with E-state index in [9.17, 15) is 4.79 Å². The number of fused-ring (bicyclic) bond motifs is 6. The van der Waals surface area contributed by atoms with E-state index >= 15 is 0 Å². The van der Waals surface area contributed by atoms with Crippen LogP contribution in [0.2, 0.25) is 0 Å². The molecule has 0 fully saturated rings. The molecule has 6 nitrogen and oxygen atoms in total. The molecule has 0 saturated heterocycles. The molecule has 6 heteroatoms. The summed E-state index contributed by atoms with van der Waals surface area (Å²) >= 11 is 0. The van der Waals surface area contributed by atoms with Crippen molar-refractivity contribution in [2.45, 2.75) is 77.7 Å². The molecule has 0 saturated carbocycles. The first-order valence-corrected chi connectivity index (χ1v) is 11.3. The molecule has 0 N–H and O–H groups in total. The van der Waals surface area contributed by atoms with Gasteiger partial charge in [0.05, 0.1) is 19.8 Å². The molecule has 168 valence electrons. The molecule has 2 aromatic rings. The van der Waals surface area contributed by atoms with Gasteiger partial charge in [-0.1, -0.05) is 26.7 Å². The Labute approximate surface area is 184 Å². The van der Waals surface area contributed by atoms with E-state index in [-0.39, 0.29) is 5.56 Å². The standard InChI is InChI=1S/C25H33NO5/c1-6-8-10-25-15-17-13-19(28-4)20(29-5)14-18(17)23(31-25)22-21(30-25)12-16(3)26(24(22)27)11-9-7-2/h12-14,23H,6-11,15H2,1-5H3/t23-,25+/m0/s1. The molecule has 0 aliphatic carbocycles. The summed E-state index contributed by atoms with van der Waals surface area (Å²) in [6.07, 6.45) is 4.90. The number of pyridine rings is 1. The molecule has 31 heavy (non-hydrogen) atoms. The van der Waals surface area contributed by atoms with E-state index in [1.807, 2.05) is 29.7 Å². The summed E-state index contributed by atoms with van der Waals surface area (Å²) in [5, 5.41) is 0. The maximum Gasteiger partial charge on any atom is 0.260 e. The van der Waals surface area contributed by atoms with E-state index in [2.05, 4.69) is 13.8 Å². The number of benzene rings is 1. The van der Waals surface area contributed by atoms with Gasteiger partial charge < -0.3 is 23.5 Å². The smallest absolute Gasteiger partial charge is 0.260 e. The Bertz CT molecular complexity index is 1030. The second-order valence-electron chi connectivity index (χ2n) is 8.57. The average Bonchev–Trinajstić information content (AvgIpc) is 2.76. The van der Waals surface area contributed by atoms with Crippen LogP contribution < -0.4 is 19.8 Å². The summed E-state index contributed by atoms with van der Waals surface area (Å²) < 4.78 is 26.0. The van der Waals surface area contributed by atoms with Crippen molar-refractivity contribution in [3.8, 4) is 17.2 Å². The lowest BCUT2D eigenvalue weighted by Crippen LogP contribution is -2.51. The van der Waals surface area contributed by atoms with Gasteiger partial charge in [-0.25, -0.2) is 0 Å². The molecule has 0 unspecified atom stereocenters. The minimum Gasteiger partial charge on any atom is -0.493 e. The number of aromatic nitrogens is 1. The van der Waals surface area contributed by atoms with Crippen molar-refractivity contribution >= 4 is 0 Å². The number of nitrogens with zero attached hydrogens (tertiary/aromatic N) is 1. The molecule has 0 radical (unpaired) electrons. The third kappa shape index (κ3) is 3.71. The SMILES string of the molecule is CCCCn1c(C)cc2c(c1=O)[C@H]1O[C@](CCCC)(Cc3cc(OC)c(OC)cc31)O2. The van der Waals surface area contributed by atoms with Crippen molar-refractivity contribution in [3.63, 3.8) is 0 Å². The predicted molar refractivity (Wildman–Crippen MR) is 119 cm³/mol. The predicted octanol–water partition coefficient (Wildman–Crippen LogP) is 4.92. The Morgan fingerprint density at radius 2 is 1.81 bits per heavy atom. The van der Waals surface area contributed by atoms with Crippen LogP contribution in [0, 0.1) is 6.92 Å². The topological polar surface area (TPSA) is 58.9 Å². The van der Waals surface area contributed by atoms with Crippen molar-refractivity contribution in [3.05, 3.63) is 50.9 Å². The highest BCUT2D eigenvalue weighted by Gasteiger charge is 2.48. The number of rotatable bonds is 8. The Balaban J connectivity index is 1.91. The minimum absolute atomic E-state index is 0.0276. The van der Waals surface area contributed by atoms with E-state index in [1.165, 1.54) is 0 Å². The second-order valence-corrected chi connectivity index (χ2v) is 8.57. The van der Waals surface area contributed by atoms with E-state index in [0.717, 1.165) is 48.9 Å². The van der Waals surface area contributed by atoms with Crippen LogP contribution >= 0.6 is 0 Å². The van der Waals surface area contributed by atoms with Gasteiger partial charge in [0, 0.05) is 31.1 Å². The van der Waals surface area contributed by atoms with E-state index in [0.29, 0.717) is 35.8 Å². The number of hydrogen-bond acceptors (Lipinski definition) is 5. The van der Waals surface area contributed by atoms with Gasteiger partial charge in [-0.15, -0.1) is 0 Å². The summed E-state index contributed by atoms with van der Waals surface area (Å²) in [5.41, 5.74) is 3.52. The van der Waals surface area contributed by atoms with Crippen molar-refractivity contribution in [2.24, 2.45) is 0 Å². The van der Waals surface area contributed by atoms with Crippen molar-refractivity contribution in [2.75, 3.05) is 14.2 Å². The number of hydrogen-bond donors (Lipinski definition) is 0. The van der Waals surface area contributed by atoms with Gasteiger partial charge in [0.2, 0.25) is 5.79 Å². The quantitative estimate of drug-likeness (QED) is 0.599. The molecule has 2 aliphatic heterocycles. The second kappa shape index (κ2) is 8.58. The highest BCUT2D eigenvalue weighted by molar-refractivity contribution is 5.54. The minimum atomic E-state index is -0.769. The molecule has 1 aromatic heterocycles. The number of aryl methyl sites for hydroxylation is 1. The zero-order valence-electron chi connectivity index (χ0n) is 19.2. The highest BCUT2D eigenvalue weighted by atomic mass is 16.7. The molecule has 1 aromatic carbocycles. The summed E-state index contributed by atoms with van der Waals surface area (Å²) in [6.45, 7) is 6.96. The van der Waals surface area contributed by atoms with Crippen LogP contribution in [0.3, 0.4) is 0 Å². The van der Waals surface area contributed by atoms with Gasteiger partial charge in [-0.05, 0) is 43.0 Å². The maximum atomic E-state index is 13.6. The number of unbranched alkanes of at least 4 members (excludes halogenated alkanes) is 2. The van der Waals surface area contributed by atoms with Gasteiger partial charge >= 0.3 is 0 Å². The van der Waals surface area contributed by atoms with Crippen LogP contribution in [0.15, 0.2) is 23.0 Å². The summed E-state index contributed by atoms with van der Waals surface area (Å²) in [7, 11) is 3.26. The Morgan fingerprint density at radius 3 is 2.48 bits per heavy atom. The molecule has 4 rings (SSSR count). The van der Waals surface area contributed by atoms with E-state index in [4.69, 9.17) is 18.9 Å². The zero-order chi connectivity index (χ0) is 22.2. The number of ether oxygens (including phenoxy) is 4. The van der Waals surface area contributed by atoms with Gasteiger partial charge in [0.1, 0.15) is 11.9 Å². The Morgan fingerprint density at radius 1 is 1.10 bits per heavy atom. The zero-order valence-corrected chi connectivity index (χ0v) is 19.2. The van der Waals surface area contributed by atoms with Crippen LogP contribution in [0.1, 0.15) is 74.4 Å². The van der Waals surface area contributed by atoms with Crippen LogP contribution in [0.5, 0.6) is 17.2 Å². The van der Waals surface area contributed by atoms with Crippen molar-refractivity contribution < 1.29 is 18.9 Å². The van der Waals surface area contributed by atoms with Crippen LogP contribution in [0.25, 0.3) is 0 Å². The Hall–Kier alpha value is -2.47. The fraction of sp³-hybridized carbons (Fsp3) is 0.560. The molecular weight excluding hydrogens is 394 g/mol. The fourth-order valence-corrected chi connectivity index (χ4v) is 4.74. The fourth-order valence-electron chi connectivity index (χ4n) is 4.74. The third-order valence-corrected chi connectivity index (χ3v) is 6.43. The lowest BCUT2D eigenvalue weighted by Gasteiger charge is -2.46.